The molecule has 0 radical (unpaired) electrons. The van der Waals surface area contributed by atoms with Gasteiger partial charge in [-0.25, -0.2) is 4.99 Å². The molecule has 22 heavy (non-hydrogen) atoms. The molecule has 0 N–H and O–H groups in total. The van der Waals surface area contributed by atoms with Gasteiger partial charge < -0.3 is 4.90 Å². The average Bonchev–Trinajstić information content (AvgIpc) is 2.81. The molecule has 5 atom stereocenters. The summed E-state index contributed by atoms with van der Waals surface area (Å²) in [4.78, 5) is 9.86. The van der Waals surface area contributed by atoms with Gasteiger partial charge in [0.2, 0.25) is 11.7 Å². The summed E-state index contributed by atoms with van der Waals surface area (Å²) in [6.07, 6.45) is 7.54. The quantitative estimate of drug-likeness (QED) is 0.734. The zero-order chi connectivity index (χ0) is 15.9. The van der Waals surface area contributed by atoms with Gasteiger partial charge in [0, 0.05) is 24.2 Å². The highest BCUT2D eigenvalue weighted by molar-refractivity contribution is 5.82. The third-order valence-electron chi connectivity index (χ3n) is 5.75. The van der Waals surface area contributed by atoms with Crippen LogP contribution in [0.3, 0.4) is 0 Å². The molecule has 3 heterocycles. The molecule has 0 spiro atoms. The van der Waals surface area contributed by atoms with Gasteiger partial charge >= 0.3 is 0 Å². The summed E-state index contributed by atoms with van der Waals surface area (Å²) >= 11 is 0. The number of guanidine groups is 1. The van der Waals surface area contributed by atoms with Crippen molar-refractivity contribution >= 4 is 5.96 Å². The maximum atomic E-state index is 5.00. The Morgan fingerprint density at radius 3 is 1.91 bits per heavy atom. The van der Waals surface area contributed by atoms with Crippen molar-refractivity contribution in [3.63, 3.8) is 0 Å². The predicted octanol–water partition coefficient (Wildman–Crippen LogP) is 4.01. The molecule has 0 saturated carbocycles. The van der Waals surface area contributed by atoms with E-state index in [1.54, 1.807) is 0 Å². The van der Waals surface area contributed by atoms with Crippen LogP contribution in [0.4, 0.5) is 0 Å². The Labute approximate surface area is 134 Å². The first-order chi connectivity index (χ1) is 10.4. The Kier molecular flexibility index (Phi) is 4.27. The van der Waals surface area contributed by atoms with Crippen LogP contribution in [0.15, 0.2) is 15.2 Å². The van der Waals surface area contributed by atoms with Gasteiger partial charge in [-0.3, -0.25) is 4.90 Å². The van der Waals surface area contributed by atoms with Crippen molar-refractivity contribution in [2.45, 2.75) is 103 Å². The molecule has 2 saturated heterocycles. The predicted molar refractivity (Wildman–Crippen MR) is 89.9 cm³/mol. The van der Waals surface area contributed by atoms with Crippen molar-refractivity contribution in [1.82, 2.24) is 9.80 Å². The van der Waals surface area contributed by atoms with E-state index in [2.05, 4.69) is 54.6 Å². The maximum absolute atomic E-state index is 5.00. The zero-order valence-corrected chi connectivity index (χ0v) is 14.8. The summed E-state index contributed by atoms with van der Waals surface area (Å²) in [5.41, 5.74) is 0. The Hall–Kier alpha value is -0.970. The fraction of sp³-hybridized carbons (Fsp3) is 0.941. The van der Waals surface area contributed by atoms with Crippen molar-refractivity contribution < 1.29 is 0 Å². The fourth-order valence-corrected chi connectivity index (χ4v) is 4.66. The van der Waals surface area contributed by atoms with E-state index in [-0.39, 0.29) is 0 Å². The largest absolute Gasteiger partial charge is 0.334 e. The molecule has 2 fully saturated rings. The third kappa shape index (κ3) is 2.68. The fourth-order valence-electron chi connectivity index (χ4n) is 4.66. The summed E-state index contributed by atoms with van der Waals surface area (Å²) in [6, 6.07) is 2.07. The van der Waals surface area contributed by atoms with Gasteiger partial charge in [0.15, 0.2) is 0 Å². The Bertz CT molecular complexity index is 454. The van der Waals surface area contributed by atoms with Crippen LogP contribution >= 0.6 is 0 Å². The number of rotatable bonds is 1. The van der Waals surface area contributed by atoms with Gasteiger partial charge in [-0.15, -0.1) is 10.2 Å². The van der Waals surface area contributed by atoms with Crippen LogP contribution in [0.1, 0.15) is 73.1 Å². The molecule has 5 nitrogen and oxygen atoms in total. The van der Waals surface area contributed by atoms with Crippen LogP contribution in [0, 0.1) is 0 Å². The highest BCUT2D eigenvalue weighted by Gasteiger charge is 2.44. The van der Waals surface area contributed by atoms with Gasteiger partial charge in [-0.05, 0) is 66.7 Å². The number of piperidine rings is 2. The average molecular weight is 305 g/mol. The summed E-state index contributed by atoms with van der Waals surface area (Å²) in [5, 5.41) is 9.14. The molecule has 3 aliphatic rings. The molecule has 124 valence electrons. The molecular formula is C17H31N5. The van der Waals surface area contributed by atoms with Crippen molar-refractivity contribution in [2.24, 2.45) is 15.2 Å². The number of aliphatic imine (C=N–C) groups is 1. The SMILES string of the molecule is CC1CCCC(C)N1C1=NC(C)(N2C(C)CCCC2C)N=N1. The number of nitrogens with zero attached hydrogens (tertiary/aromatic N) is 5. The minimum absolute atomic E-state index is 0.508. The van der Waals surface area contributed by atoms with Crippen molar-refractivity contribution in [2.75, 3.05) is 0 Å². The Morgan fingerprint density at radius 2 is 1.36 bits per heavy atom. The third-order valence-corrected chi connectivity index (χ3v) is 5.75. The lowest BCUT2D eigenvalue weighted by molar-refractivity contribution is 0.00447. The lowest BCUT2D eigenvalue weighted by atomic mass is 9.96. The van der Waals surface area contributed by atoms with Crippen LogP contribution in [0.5, 0.6) is 0 Å². The van der Waals surface area contributed by atoms with E-state index < -0.39 is 5.79 Å². The summed E-state index contributed by atoms with van der Waals surface area (Å²) < 4.78 is 0. The molecule has 5 unspecified atom stereocenters. The number of likely N-dealkylation sites (tertiary alicyclic amines) is 2. The van der Waals surface area contributed by atoms with E-state index in [1.165, 1.54) is 38.5 Å². The molecule has 0 bridgehead atoms. The van der Waals surface area contributed by atoms with Gasteiger partial charge in [0.1, 0.15) is 0 Å². The van der Waals surface area contributed by atoms with Crippen LogP contribution in [-0.2, 0) is 0 Å². The molecule has 5 heteroatoms. The van der Waals surface area contributed by atoms with E-state index >= 15 is 0 Å². The number of hydrogen-bond acceptors (Lipinski definition) is 5. The Balaban J connectivity index is 1.85. The molecular weight excluding hydrogens is 274 g/mol. The molecule has 0 aromatic rings. The molecule has 0 aromatic carbocycles. The van der Waals surface area contributed by atoms with Gasteiger partial charge in [0.05, 0.1) is 0 Å². The van der Waals surface area contributed by atoms with Crippen molar-refractivity contribution in [3.8, 4) is 0 Å². The van der Waals surface area contributed by atoms with Gasteiger partial charge in [-0.2, -0.15) is 0 Å². The van der Waals surface area contributed by atoms with Crippen molar-refractivity contribution in [1.29, 1.82) is 0 Å². The first-order valence-corrected chi connectivity index (χ1v) is 9.02. The van der Waals surface area contributed by atoms with Crippen molar-refractivity contribution in [3.05, 3.63) is 0 Å². The number of azo groups is 1. The van der Waals surface area contributed by atoms with E-state index in [9.17, 15) is 0 Å². The normalized spacial score (nSPS) is 43.5. The molecule has 0 amide bonds. The molecule has 0 aliphatic carbocycles. The maximum Gasteiger partial charge on any atom is 0.244 e. The summed E-state index contributed by atoms with van der Waals surface area (Å²) in [5.74, 6) is 0.345. The molecule has 3 aliphatic heterocycles. The molecule has 3 rings (SSSR count). The number of hydrogen-bond donors (Lipinski definition) is 0. The van der Waals surface area contributed by atoms with Gasteiger partial charge in [-0.1, -0.05) is 6.42 Å². The lowest BCUT2D eigenvalue weighted by Gasteiger charge is -2.45. The highest BCUT2D eigenvalue weighted by atomic mass is 15.6. The second kappa shape index (κ2) is 5.91. The smallest absolute Gasteiger partial charge is 0.244 e. The van der Waals surface area contributed by atoms with Crippen LogP contribution in [0.25, 0.3) is 0 Å². The standard InChI is InChI=1S/C17H31N5/c1-12-8-6-9-13(2)21(12)16-18-17(5,20-19-16)22-14(3)10-7-11-15(22)4/h12-15H,6-11H2,1-5H3. The monoisotopic (exact) mass is 305 g/mol. The van der Waals surface area contributed by atoms with Gasteiger partial charge in [0.25, 0.3) is 0 Å². The second-order valence-corrected chi connectivity index (χ2v) is 7.66. The lowest BCUT2D eigenvalue weighted by Crippen LogP contribution is -2.55. The molecule has 0 aromatic heterocycles. The Morgan fingerprint density at radius 1 is 0.864 bits per heavy atom. The summed E-state index contributed by atoms with van der Waals surface area (Å²) in [6.45, 7) is 11.3. The highest BCUT2D eigenvalue weighted by Crippen LogP contribution is 2.36. The summed E-state index contributed by atoms with van der Waals surface area (Å²) in [7, 11) is 0. The zero-order valence-electron chi connectivity index (χ0n) is 14.8. The van der Waals surface area contributed by atoms with E-state index in [0.717, 1.165) is 5.96 Å². The first kappa shape index (κ1) is 15.9. The van der Waals surface area contributed by atoms with Crippen LogP contribution in [0.2, 0.25) is 0 Å². The second-order valence-electron chi connectivity index (χ2n) is 7.66. The van der Waals surface area contributed by atoms with E-state index in [0.29, 0.717) is 24.2 Å². The first-order valence-electron chi connectivity index (χ1n) is 9.02. The van der Waals surface area contributed by atoms with E-state index in [4.69, 9.17) is 4.99 Å². The minimum atomic E-state index is -0.508. The minimum Gasteiger partial charge on any atom is -0.334 e. The van der Waals surface area contributed by atoms with Crippen LogP contribution < -0.4 is 0 Å². The topological polar surface area (TPSA) is 43.6 Å². The van der Waals surface area contributed by atoms with E-state index in [1.807, 2.05) is 0 Å². The van der Waals surface area contributed by atoms with Crippen LogP contribution in [-0.4, -0.2) is 45.7 Å².